The molecule has 7 nitrogen and oxygen atoms in total. The van der Waals surface area contributed by atoms with Crippen LogP contribution in [-0.4, -0.2) is 40.5 Å². The molecule has 1 heterocycles. The molecule has 0 spiro atoms. The number of nitrogens with one attached hydrogen (secondary N) is 1. The van der Waals surface area contributed by atoms with E-state index in [1.54, 1.807) is 12.0 Å². The van der Waals surface area contributed by atoms with E-state index in [2.05, 4.69) is 27.3 Å². The molecule has 1 amide bonds. The molecule has 0 bridgehead atoms. The summed E-state index contributed by atoms with van der Waals surface area (Å²) in [6.07, 6.45) is 0.270. The highest BCUT2D eigenvalue weighted by atomic mass is 32.2. The van der Waals surface area contributed by atoms with Crippen LogP contribution in [0.3, 0.4) is 0 Å². The van der Waals surface area contributed by atoms with E-state index in [1.807, 2.05) is 50.2 Å². The van der Waals surface area contributed by atoms with Crippen LogP contribution in [0, 0.1) is 25.2 Å². The summed E-state index contributed by atoms with van der Waals surface area (Å²) in [7, 11) is 1.62. The van der Waals surface area contributed by atoms with Gasteiger partial charge in [-0.2, -0.15) is 5.26 Å². The average Bonchev–Trinajstić information content (AvgIpc) is 3.21. The molecule has 1 N–H and O–H groups in total. The van der Waals surface area contributed by atoms with E-state index in [4.69, 9.17) is 10.00 Å². The predicted molar refractivity (Wildman–Crippen MR) is 118 cm³/mol. The van der Waals surface area contributed by atoms with Crippen molar-refractivity contribution in [3.05, 3.63) is 53.6 Å². The van der Waals surface area contributed by atoms with Crippen LogP contribution in [-0.2, 0) is 4.79 Å². The number of nitrogens with zero attached hydrogens (tertiary/aromatic N) is 4. The third kappa shape index (κ3) is 5.39. The maximum absolute atomic E-state index is 12.9. The molecule has 3 rings (SSSR count). The van der Waals surface area contributed by atoms with Crippen molar-refractivity contribution in [1.82, 2.24) is 15.2 Å². The predicted octanol–water partition coefficient (Wildman–Crippen LogP) is 4.14. The van der Waals surface area contributed by atoms with Gasteiger partial charge >= 0.3 is 0 Å². The first-order chi connectivity index (χ1) is 14.5. The van der Waals surface area contributed by atoms with Gasteiger partial charge in [-0.3, -0.25) is 9.89 Å². The van der Waals surface area contributed by atoms with Crippen molar-refractivity contribution in [1.29, 1.82) is 5.26 Å². The highest BCUT2D eigenvalue weighted by molar-refractivity contribution is 7.99. The third-order valence-corrected chi connectivity index (χ3v) is 5.25. The summed E-state index contributed by atoms with van der Waals surface area (Å²) in [5.74, 6) is 1.49. The van der Waals surface area contributed by atoms with E-state index in [9.17, 15) is 4.79 Å². The number of methoxy groups -OCH3 is 1. The van der Waals surface area contributed by atoms with Crippen LogP contribution in [0.2, 0.25) is 0 Å². The Morgan fingerprint density at radius 3 is 2.53 bits per heavy atom. The van der Waals surface area contributed by atoms with Crippen LogP contribution in [0.4, 0.5) is 5.69 Å². The SMILES string of the molecule is COc1ccc(-c2nc(SCC(=O)N(CCC#N)c3cc(C)cc(C)c3)n[nH]2)cc1. The van der Waals surface area contributed by atoms with Crippen LogP contribution in [0.15, 0.2) is 47.6 Å². The van der Waals surface area contributed by atoms with Gasteiger partial charge in [-0.1, -0.05) is 17.8 Å². The minimum atomic E-state index is -0.0870. The number of nitriles is 1. The Balaban J connectivity index is 1.69. The normalized spacial score (nSPS) is 10.5. The second-order valence-corrected chi connectivity index (χ2v) is 7.73. The number of hydrogen-bond donors (Lipinski definition) is 1. The molecule has 0 radical (unpaired) electrons. The lowest BCUT2D eigenvalue weighted by atomic mass is 10.1. The van der Waals surface area contributed by atoms with Crippen molar-refractivity contribution in [3.8, 4) is 23.2 Å². The maximum Gasteiger partial charge on any atom is 0.237 e. The lowest BCUT2D eigenvalue weighted by Gasteiger charge is -2.22. The van der Waals surface area contributed by atoms with Crippen molar-refractivity contribution in [2.75, 3.05) is 24.3 Å². The fraction of sp³-hybridized carbons (Fsp3) is 0.273. The summed E-state index contributed by atoms with van der Waals surface area (Å²) in [4.78, 5) is 19.0. The van der Waals surface area contributed by atoms with Crippen LogP contribution in [0.25, 0.3) is 11.4 Å². The topological polar surface area (TPSA) is 94.9 Å². The number of benzene rings is 2. The fourth-order valence-electron chi connectivity index (χ4n) is 3.06. The Bertz CT molecular complexity index is 1040. The molecule has 3 aromatic rings. The van der Waals surface area contributed by atoms with Gasteiger partial charge in [0.1, 0.15) is 5.75 Å². The molecule has 154 valence electrons. The lowest BCUT2D eigenvalue weighted by Crippen LogP contribution is -2.33. The van der Waals surface area contributed by atoms with Gasteiger partial charge in [0, 0.05) is 17.8 Å². The number of carbonyl (C=O) groups is 1. The highest BCUT2D eigenvalue weighted by Gasteiger charge is 2.18. The smallest absolute Gasteiger partial charge is 0.237 e. The second kappa shape index (κ2) is 9.94. The zero-order chi connectivity index (χ0) is 21.5. The zero-order valence-electron chi connectivity index (χ0n) is 17.2. The zero-order valence-corrected chi connectivity index (χ0v) is 18.0. The molecule has 0 atom stereocenters. The second-order valence-electron chi connectivity index (χ2n) is 6.78. The summed E-state index contributed by atoms with van der Waals surface area (Å²) in [5, 5.41) is 16.6. The summed E-state index contributed by atoms with van der Waals surface area (Å²) in [6.45, 7) is 4.34. The molecule has 0 saturated carbocycles. The number of anilines is 1. The number of carbonyl (C=O) groups excluding carboxylic acids is 1. The van der Waals surface area contributed by atoms with Gasteiger partial charge in [0.25, 0.3) is 0 Å². The molecule has 30 heavy (non-hydrogen) atoms. The Kier molecular flexibility index (Phi) is 7.09. The van der Waals surface area contributed by atoms with Crippen molar-refractivity contribution in [2.24, 2.45) is 0 Å². The van der Waals surface area contributed by atoms with E-state index >= 15 is 0 Å². The summed E-state index contributed by atoms with van der Waals surface area (Å²) >= 11 is 1.26. The number of ether oxygens (including phenoxy) is 1. The first kappa shape index (κ1) is 21.4. The minimum Gasteiger partial charge on any atom is -0.497 e. The van der Waals surface area contributed by atoms with Crippen LogP contribution >= 0.6 is 11.8 Å². The van der Waals surface area contributed by atoms with Gasteiger partial charge in [-0.05, 0) is 61.4 Å². The monoisotopic (exact) mass is 421 g/mol. The molecule has 0 aliphatic heterocycles. The molecule has 2 aromatic carbocycles. The minimum absolute atomic E-state index is 0.0870. The maximum atomic E-state index is 12.9. The number of hydrogen-bond acceptors (Lipinski definition) is 6. The summed E-state index contributed by atoms with van der Waals surface area (Å²) in [6, 6.07) is 15.6. The molecule has 0 aliphatic carbocycles. The first-order valence-electron chi connectivity index (χ1n) is 9.45. The Labute approximate surface area is 180 Å². The van der Waals surface area contributed by atoms with Gasteiger partial charge in [-0.25, -0.2) is 4.98 Å². The van der Waals surface area contributed by atoms with Gasteiger partial charge in [-0.15, -0.1) is 5.10 Å². The van der Waals surface area contributed by atoms with Crippen LogP contribution in [0.5, 0.6) is 5.75 Å². The van der Waals surface area contributed by atoms with Crippen LogP contribution in [0.1, 0.15) is 17.5 Å². The number of rotatable bonds is 8. The fourth-order valence-corrected chi connectivity index (χ4v) is 3.73. The number of aromatic amines is 1. The van der Waals surface area contributed by atoms with Crippen molar-refractivity contribution >= 4 is 23.4 Å². The third-order valence-electron chi connectivity index (χ3n) is 4.42. The largest absolute Gasteiger partial charge is 0.497 e. The number of aromatic nitrogens is 3. The Hall–Kier alpha value is -3.31. The van der Waals surface area contributed by atoms with Crippen molar-refractivity contribution in [3.63, 3.8) is 0 Å². The molecule has 0 fully saturated rings. The standard InChI is InChI=1S/C22H23N5O2S/c1-15-11-16(2)13-18(12-15)27(10-4-9-23)20(28)14-30-22-24-21(25-26-22)17-5-7-19(29-3)8-6-17/h5-8,11-13H,4,10,14H2,1-3H3,(H,24,25,26). The lowest BCUT2D eigenvalue weighted by molar-refractivity contribution is -0.116. The first-order valence-corrected chi connectivity index (χ1v) is 10.4. The van der Waals surface area contributed by atoms with Gasteiger partial charge in [0.2, 0.25) is 11.1 Å². The molecule has 0 aliphatic rings. The van der Waals surface area contributed by atoms with Crippen molar-refractivity contribution in [2.45, 2.75) is 25.4 Å². The van der Waals surface area contributed by atoms with Crippen LogP contribution < -0.4 is 9.64 Å². The quantitative estimate of drug-likeness (QED) is 0.550. The van der Waals surface area contributed by atoms with E-state index in [0.29, 0.717) is 17.5 Å². The average molecular weight is 422 g/mol. The molecular formula is C22H23N5O2S. The van der Waals surface area contributed by atoms with Gasteiger partial charge < -0.3 is 9.64 Å². The van der Waals surface area contributed by atoms with Crippen molar-refractivity contribution < 1.29 is 9.53 Å². The number of thioether (sulfide) groups is 1. The summed E-state index contributed by atoms with van der Waals surface area (Å²) in [5.41, 5.74) is 3.84. The number of H-pyrrole nitrogens is 1. The molecular weight excluding hydrogens is 398 g/mol. The molecule has 0 saturated heterocycles. The van der Waals surface area contributed by atoms with Gasteiger partial charge in [0.15, 0.2) is 5.82 Å². The highest BCUT2D eigenvalue weighted by Crippen LogP contribution is 2.24. The molecule has 0 unspecified atom stereocenters. The summed E-state index contributed by atoms with van der Waals surface area (Å²) < 4.78 is 5.16. The van der Waals surface area contributed by atoms with E-state index in [1.165, 1.54) is 11.8 Å². The van der Waals surface area contributed by atoms with Gasteiger partial charge in [0.05, 0.1) is 25.4 Å². The van der Waals surface area contributed by atoms with E-state index < -0.39 is 0 Å². The molecule has 8 heteroatoms. The number of amides is 1. The Morgan fingerprint density at radius 1 is 1.20 bits per heavy atom. The van der Waals surface area contributed by atoms with E-state index in [0.717, 1.165) is 28.1 Å². The number of aryl methyl sites for hydroxylation is 2. The molecule has 1 aromatic heterocycles. The van der Waals surface area contributed by atoms with E-state index in [-0.39, 0.29) is 18.1 Å². The Morgan fingerprint density at radius 2 is 1.90 bits per heavy atom.